The Labute approximate surface area is 192 Å². The van der Waals surface area contributed by atoms with Gasteiger partial charge in [0.05, 0.1) is 10.6 Å². The van der Waals surface area contributed by atoms with Crippen molar-refractivity contribution in [2.45, 2.75) is 10.6 Å². The van der Waals surface area contributed by atoms with Crippen LogP contribution >= 0.6 is 33.1 Å². The topological polar surface area (TPSA) is 34.1 Å². The Kier molecular flexibility index (Phi) is 5.13. The van der Waals surface area contributed by atoms with Gasteiger partial charge in [-0.2, -0.15) is 0 Å². The fourth-order valence-corrected chi connectivity index (χ4v) is 7.86. The molecule has 0 fully saturated rings. The second-order valence-corrected chi connectivity index (χ2v) is 12.4. The van der Waals surface area contributed by atoms with E-state index < -0.39 is 9.84 Å². The summed E-state index contributed by atoms with van der Waals surface area (Å²) in [6, 6.07) is 32.1. The molecular weight excluding hydrogens is 523 g/mol. The van der Waals surface area contributed by atoms with Gasteiger partial charge in [-0.1, -0.05) is 36.4 Å². The van der Waals surface area contributed by atoms with Crippen LogP contribution in [0.1, 0.15) is 5.56 Å². The van der Waals surface area contributed by atoms with Gasteiger partial charge in [0.25, 0.3) is 0 Å². The Morgan fingerprint density at radius 1 is 0.667 bits per heavy atom. The molecule has 1 heterocycles. The molecule has 148 valence electrons. The molecule has 0 spiro atoms. The van der Waals surface area contributed by atoms with Gasteiger partial charge in [0.2, 0.25) is 0 Å². The maximum absolute atomic E-state index is 12.9. The standard InChI is InChI=1S/C25H18IO2S2/c26-19-11-9-18(10-12-19)17-30(27,28)21-15-13-20(14-16-21)29-24-7-3-1-5-22(24)23-6-2-4-8-25(23)29/h1-16H,17H2/q+1. The maximum atomic E-state index is 12.9. The smallest absolute Gasteiger partial charge is 0.187 e. The van der Waals surface area contributed by atoms with Gasteiger partial charge in [0.15, 0.2) is 24.1 Å². The molecule has 0 saturated carbocycles. The van der Waals surface area contributed by atoms with Crippen molar-refractivity contribution in [2.75, 3.05) is 0 Å². The highest BCUT2D eigenvalue weighted by Gasteiger charge is 2.24. The predicted molar refractivity (Wildman–Crippen MR) is 135 cm³/mol. The average molecular weight is 541 g/mol. The third-order valence-electron chi connectivity index (χ3n) is 5.19. The van der Waals surface area contributed by atoms with Gasteiger partial charge in [-0.25, -0.2) is 8.42 Å². The van der Waals surface area contributed by atoms with Gasteiger partial charge in [-0.15, -0.1) is 0 Å². The summed E-state index contributed by atoms with van der Waals surface area (Å²) in [7, 11) is -3.60. The van der Waals surface area contributed by atoms with Gasteiger partial charge >= 0.3 is 0 Å². The lowest BCUT2D eigenvalue weighted by atomic mass is 10.2. The number of sulfone groups is 1. The molecule has 5 aromatic rings. The number of rotatable bonds is 4. The lowest BCUT2D eigenvalue weighted by Gasteiger charge is -2.05. The van der Waals surface area contributed by atoms with Crippen LogP contribution in [-0.2, 0) is 15.6 Å². The molecule has 0 N–H and O–H groups in total. The summed E-state index contributed by atoms with van der Waals surface area (Å²) in [5, 5.41) is 2.54. The third kappa shape index (κ3) is 3.55. The summed E-state index contributed by atoms with van der Waals surface area (Å²) in [6.45, 7) is 0. The molecule has 5 rings (SSSR count). The minimum absolute atomic E-state index is 0.0145. The Hall–Kier alpha value is -2.22. The molecule has 0 aliphatic carbocycles. The predicted octanol–water partition coefficient (Wildman–Crippen LogP) is 7.31. The van der Waals surface area contributed by atoms with Crippen molar-refractivity contribution in [3.05, 3.63) is 106 Å². The minimum atomic E-state index is -3.39. The molecule has 4 aromatic carbocycles. The monoisotopic (exact) mass is 541 g/mol. The van der Waals surface area contributed by atoms with Crippen LogP contribution in [-0.4, -0.2) is 8.42 Å². The zero-order valence-corrected chi connectivity index (χ0v) is 19.7. The van der Waals surface area contributed by atoms with E-state index >= 15 is 0 Å². The molecule has 1 aromatic heterocycles. The summed E-state index contributed by atoms with van der Waals surface area (Å²) in [5.41, 5.74) is 0.806. The van der Waals surface area contributed by atoms with Crippen LogP contribution in [0.15, 0.2) is 102 Å². The van der Waals surface area contributed by atoms with E-state index in [-0.39, 0.29) is 16.2 Å². The van der Waals surface area contributed by atoms with E-state index in [1.165, 1.54) is 20.2 Å². The van der Waals surface area contributed by atoms with Crippen molar-refractivity contribution in [1.82, 2.24) is 0 Å². The number of benzene rings is 4. The normalized spacial score (nSPS) is 11.9. The van der Waals surface area contributed by atoms with Gasteiger partial charge < -0.3 is 0 Å². The quantitative estimate of drug-likeness (QED) is 0.177. The maximum Gasteiger partial charge on any atom is 0.187 e. The Balaban J connectivity index is 1.56. The summed E-state index contributed by atoms with van der Waals surface area (Å²) in [5.74, 6) is 0.0145. The Bertz CT molecular complexity index is 1410. The highest BCUT2D eigenvalue weighted by molar-refractivity contribution is 14.1. The number of hydrogen-bond donors (Lipinski definition) is 0. The third-order valence-corrected chi connectivity index (χ3v) is 9.95. The first kappa shape index (κ1) is 19.7. The molecule has 5 heteroatoms. The lowest BCUT2D eigenvalue weighted by Crippen LogP contribution is -2.04. The van der Waals surface area contributed by atoms with E-state index in [2.05, 4.69) is 71.1 Å². The van der Waals surface area contributed by atoms with Crippen LogP contribution in [0.5, 0.6) is 0 Å². The van der Waals surface area contributed by atoms with E-state index in [1.54, 1.807) is 12.1 Å². The average Bonchev–Trinajstić information content (AvgIpc) is 3.10. The van der Waals surface area contributed by atoms with Crippen LogP contribution < -0.4 is 0 Å². The SMILES string of the molecule is O=S(=O)(Cc1ccc(I)cc1)c1ccc(-[s+]2c3ccccc3c3ccccc32)cc1. The lowest BCUT2D eigenvalue weighted by molar-refractivity contribution is 0.595. The molecule has 0 aliphatic heterocycles. The van der Waals surface area contributed by atoms with Gasteiger partial charge in [0.1, 0.15) is 0 Å². The van der Waals surface area contributed by atoms with Gasteiger partial charge in [0, 0.05) is 24.8 Å². The first-order valence-corrected chi connectivity index (χ1v) is 13.5. The van der Waals surface area contributed by atoms with E-state index in [9.17, 15) is 8.42 Å². The summed E-state index contributed by atoms with van der Waals surface area (Å²) in [4.78, 5) is 1.51. The van der Waals surface area contributed by atoms with E-state index in [4.69, 9.17) is 0 Å². The zero-order valence-electron chi connectivity index (χ0n) is 16.0. The molecule has 30 heavy (non-hydrogen) atoms. The molecular formula is C25H18IO2S2+. The summed E-state index contributed by atoms with van der Waals surface area (Å²) < 4.78 is 29.5. The number of hydrogen-bond acceptors (Lipinski definition) is 2. The van der Waals surface area contributed by atoms with Gasteiger partial charge in [-0.05, 0) is 88.8 Å². The first-order valence-electron chi connectivity index (χ1n) is 9.53. The fraction of sp³-hybridized carbons (Fsp3) is 0.0400. The van der Waals surface area contributed by atoms with Gasteiger partial charge in [-0.3, -0.25) is 0 Å². The highest BCUT2D eigenvalue weighted by atomic mass is 127. The molecule has 0 amide bonds. The number of fused-ring (bicyclic) bond motifs is 3. The van der Waals surface area contributed by atoms with Crippen LogP contribution in [0.25, 0.3) is 25.1 Å². The largest absolute Gasteiger partial charge is 0.223 e. The molecule has 0 radical (unpaired) electrons. The van der Waals surface area contributed by atoms with Crippen molar-refractivity contribution < 1.29 is 8.42 Å². The molecule has 0 saturated heterocycles. The van der Waals surface area contributed by atoms with Crippen LogP contribution in [0.3, 0.4) is 0 Å². The molecule has 0 aliphatic rings. The van der Waals surface area contributed by atoms with Crippen molar-refractivity contribution in [2.24, 2.45) is 0 Å². The molecule has 2 nitrogen and oxygen atoms in total. The van der Waals surface area contributed by atoms with E-state index in [0.717, 1.165) is 14.0 Å². The van der Waals surface area contributed by atoms with Crippen molar-refractivity contribution in [1.29, 1.82) is 0 Å². The molecule has 0 atom stereocenters. The Morgan fingerprint density at radius 2 is 1.20 bits per heavy atom. The zero-order chi connectivity index (χ0) is 20.7. The Morgan fingerprint density at radius 3 is 1.77 bits per heavy atom. The summed E-state index contributed by atoms with van der Waals surface area (Å²) >= 11 is 2.22. The van der Waals surface area contributed by atoms with Crippen LogP contribution in [0, 0.1) is 3.57 Å². The van der Waals surface area contributed by atoms with Crippen molar-refractivity contribution in [3.8, 4) is 4.90 Å². The molecule has 0 bridgehead atoms. The van der Waals surface area contributed by atoms with Crippen LogP contribution in [0.2, 0.25) is 0 Å². The highest BCUT2D eigenvalue weighted by Crippen LogP contribution is 2.48. The molecule has 0 unspecified atom stereocenters. The number of thiophene rings is 1. The van der Waals surface area contributed by atoms with Crippen molar-refractivity contribution >= 4 is 63.1 Å². The van der Waals surface area contributed by atoms with E-state index in [1.807, 2.05) is 36.4 Å². The second-order valence-electron chi connectivity index (χ2n) is 7.16. The number of halogens is 1. The summed E-state index contributed by atoms with van der Waals surface area (Å²) in [6.07, 6.45) is 0. The fourth-order valence-electron chi connectivity index (χ4n) is 3.77. The van der Waals surface area contributed by atoms with E-state index in [0.29, 0.717) is 4.90 Å². The second kappa shape index (κ2) is 7.80. The van der Waals surface area contributed by atoms with Crippen molar-refractivity contribution in [3.63, 3.8) is 0 Å². The first-order chi connectivity index (χ1) is 14.5. The minimum Gasteiger partial charge on any atom is -0.223 e. The van der Waals surface area contributed by atoms with Crippen LogP contribution in [0.4, 0.5) is 0 Å².